The number of hydrogen-bond donors (Lipinski definition) is 1. The van der Waals surface area contributed by atoms with Crippen molar-refractivity contribution in [3.05, 3.63) is 34.2 Å². The van der Waals surface area contributed by atoms with E-state index in [0.717, 1.165) is 23.4 Å². The van der Waals surface area contributed by atoms with Crippen LogP contribution in [0.3, 0.4) is 0 Å². The molecule has 0 saturated carbocycles. The Kier molecular flexibility index (Phi) is 4.06. The summed E-state index contributed by atoms with van der Waals surface area (Å²) in [6.45, 7) is 2.86. The molecule has 0 spiro atoms. The Morgan fingerprint density at radius 3 is 2.94 bits per heavy atom. The van der Waals surface area contributed by atoms with Crippen LogP contribution in [-0.4, -0.2) is 6.04 Å². The van der Waals surface area contributed by atoms with Gasteiger partial charge >= 0.3 is 0 Å². The Bertz CT molecular complexity index is 553. The zero-order valence-corrected chi connectivity index (χ0v) is 11.2. The summed E-state index contributed by atoms with van der Waals surface area (Å²) in [5.74, 6) is 2.65. The molecule has 17 heavy (non-hydrogen) atoms. The molecule has 0 saturated heterocycles. The normalized spacial score (nSPS) is 12.5. The fourth-order valence-corrected chi connectivity index (χ4v) is 3.14. The maximum atomic E-state index is 6.35. The molecule has 1 N–H and O–H groups in total. The number of terminal acetylenes is 1. The van der Waals surface area contributed by atoms with Gasteiger partial charge in [0.05, 0.1) is 5.02 Å². The molecule has 0 amide bonds. The van der Waals surface area contributed by atoms with Crippen molar-refractivity contribution in [3.8, 4) is 12.3 Å². The Hall–Kier alpha value is -1.01. The van der Waals surface area contributed by atoms with Crippen LogP contribution in [0, 0.1) is 12.3 Å². The van der Waals surface area contributed by atoms with E-state index in [9.17, 15) is 0 Å². The zero-order chi connectivity index (χ0) is 12.3. The average molecular weight is 264 g/mol. The Balaban J connectivity index is 2.14. The Morgan fingerprint density at radius 2 is 2.24 bits per heavy atom. The molecule has 1 aromatic heterocycles. The van der Waals surface area contributed by atoms with Crippen LogP contribution in [0.1, 0.15) is 18.2 Å². The maximum absolute atomic E-state index is 6.35. The van der Waals surface area contributed by atoms with E-state index in [1.807, 2.05) is 12.1 Å². The van der Waals surface area contributed by atoms with Gasteiger partial charge in [0.1, 0.15) is 0 Å². The number of nitrogens with one attached hydrogen (secondary N) is 1. The van der Waals surface area contributed by atoms with Gasteiger partial charge in [0, 0.05) is 34.0 Å². The van der Waals surface area contributed by atoms with Gasteiger partial charge in [-0.05, 0) is 13.0 Å². The van der Waals surface area contributed by atoms with Gasteiger partial charge in [-0.3, -0.25) is 0 Å². The molecule has 2 aromatic rings. The minimum atomic E-state index is 0.321. The quantitative estimate of drug-likeness (QED) is 0.821. The third kappa shape index (κ3) is 2.81. The Labute approximate surface area is 111 Å². The van der Waals surface area contributed by atoms with Gasteiger partial charge in [0.25, 0.3) is 0 Å². The molecule has 0 bridgehead atoms. The fourth-order valence-electron chi connectivity index (χ4n) is 1.69. The lowest BCUT2D eigenvalue weighted by atomic mass is 10.2. The molecule has 1 nitrogen and oxygen atoms in total. The van der Waals surface area contributed by atoms with Gasteiger partial charge in [0.2, 0.25) is 0 Å². The smallest absolute Gasteiger partial charge is 0.0636 e. The van der Waals surface area contributed by atoms with Gasteiger partial charge in [-0.15, -0.1) is 23.7 Å². The van der Waals surface area contributed by atoms with Crippen LogP contribution in [0.15, 0.2) is 24.3 Å². The van der Waals surface area contributed by atoms with E-state index in [1.165, 1.54) is 9.58 Å². The number of rotatable bonds is 4. The highest BCUT2D eigenvalue weighted by atomic mass is 35.5. The van der Waals surface area contributed by atoms with Crippen LogP contribution in [0.25, 0.3) is 10.1 Å². The van der Waals surface area contributed by atoms with E-state index in [-0.39, 0.29) is 0 Å². The fraction of sp³-hybridized carbons (Fsp3) is 0.286. The van der Waals surface area contributed by atoms with Crippen LogP contribution in [-0.2, 0) is 6.54 Å². The summed E-state index contributed by atoms with van der Waals surface area (Å²) in [6, 6.07) is 8.52. The molecule has 0 aliphatic carbocycles. The second-order valence-corrected chi connectivity index (χ2v) is 5.54. The number of fused-ring (bicyclic) bond motifs is 1. The monoisotopic (exact) mass is 263 g/mol. The maximum Gasteiger partial charge on any atom is 0.0636 e. The van der Waals surface area contributed by atoms with Crippen molar-refractivity contribution in [2.75, 3.05) is 0 Å². The summed E-state index contributed by atoms with van der Waals surface area (Å²) in [7, 11) is 0. The van der Waals surface area contributed by atoms with E-state index in [0.29, 0.717) is 6.04 Å². The van der Waals surface area contributed by atoms with E-state index < -0.39 is 0 Å². The molecule has 1 atom stereocenters. The average Bonchev–Trinajstić information content (AvgIpc) is 2.65. The van der Waals surface area contributed by atoms with Crippen LogP contribution < -0.4 is 5.32 Å². The number of halogens is 1. The first-order valence-electron chi connectivity index (χ1n) is 5.55. The lowest BCUT2D eigenvalue weighted by Crippen LogP contribution is -2.24. The first kappa shape index (κ1) is 12.4. The lowest BCUT2D eigenvalue weighted by Gasteiger charge is -2.09. The zero-order valence-electron chi connectivity index (χ0n) is 9.66. The highest BCUT2D eigenvalue weighted by molar-refractivity contribution is 7.19. The van der Waals surface area contributed by atoms with E-state index in [2.05, 4.69) is 30.3 Å². The summed E-state index contributed by atoms with van der Waals surface area (Å²) >= 11 is 8.09. The summed E-state index contributed by atoms with van der Waals surface area (Å²) in [4.78, 5) is 1.18. The minimum Gasteiger partial charge on any atom is -0.308 e. The van der Waals surface area contributed by atoms with Gasteiger partial charge in [-0.1, -0.05) is 29.8 Å². The minimum absolute atomic E-state index is 0.321. The molecule has 2 rings (SSSR count). The van der Waals surface area contributed by atoms with Crippen molar-refractivity contribution < 1.29 is 0 Å². The third-order valence-electron chi connectivity index (χ3n) is 2.64. The molecular weight excluding hydrogens is 250 g/mol. The van der Waals surface area contributed by atoms with Crippen LogP contribution in [0.4, 0.5) is 0 Å². The molecule has 0 fully saturated rings. The van der Waals surface area contributed by atoms with E-state index >= 15 is 0 Å². The molecule has 1 unspecified atom stereocenters. The van der Waals surface area contributed by atoms with Crippen molar-refractivity contribution >= 4 is 33.0 Å². The molecule has 88 valence electrons. The molecule has 1 aromatic carbocycles. The first-order chi connectivity index (χ1) is 8.22. The first-order valence-corrected chi connectivity index (χ1v) is 6.74. The van der Waals surface area contributed by atoms with Crippen molar-refractivity contribution in [3.63, 3.8) is 0 Å². The van der Waals surface area contributed by atoms with Crippen molar-refractivity contribution in [2.45, 2.75) is 25.9 Å². The number of hydrogen-bond acceptors (Lipinski definition) is 2. The molecule has 0 aliphatic heterocycles. The SMILES string of the molecule is C#CCC(C)NCc1sc2ccccc2c1Cl. The molecular formula is C14H14ClNS. The van der Waals surface area contributed by atoms with Gasteiger partial charge in [0.15, 0.2) is 0 Å². The standard InChI is InChI=1S/C14H14ClNS/c1-3-6-10(2)16-9-13-14(15)11-7-4-5-8-12(11)17-13/h1,4-5,7-8,10,16H,6,9H2,2H3. The number of thiophene rings is 1. The van der Waals surface area contributed by atoms with Gasteiger partial charge < -0.3 is 5.32 Å². The number of benzene rings is 1. The van der Waals surface area contributed by atoms with Crippen molar-refractivity contribution in [1.82, 2.24) is 5.32 Å². The summed E-state index contributed by atoms with van der Waals surface area (Å²) in [6.07, 6.45) is 6.01. The Morgan fingerprint density at radius 1 is 1.47 bits per heavy atom. The summed E-state index contributed by atoms with van der Waals surface area (Å²) in [5.41, 5.74) is 0. The highest BCUT2D eigenvalue weighted by Crippen LogP contribution is 2.34. The van der Waals surface area contributed by atoms with E-state index in [1.54, 1.807) is 11.3 Å². The topological polar surface area (TPSA) is 12.0 Å². The van der Waals surface area contributed by atoms with Gasteiger partial charge in [-0.25, -0.2) is 0 Å². The van der Waals surface area contributed by atoms with Gasteiger partial charge in [-0.2, -0.15) is 0 Å². The molecule has 0 radical (unpaired) electrons. The third-order valence-corrected chi connectivity index (χ3v) is 4.35. The summed E-state index contributed by atoms with van der Waals surface area (Å²) < 4.78 is 1.24. The second kappa shape index (κ2) is 5.55. The van der Waals surface area contributed by atoms with Crippen LogP contribution in [0.5, 0.6) is 0 Å². The predicted octanol–water partition coefficient (Wildman–Crippen LogP) is 4.06. The van der Waals surface area contributed by atoms with E-state index in [4.69, 9.17) is 18.0 Å². The molecule has 0 aliphatic rings. The van der Waals surface area contributed by atoms with Crippen molar-refractivity contribution in [2.24, 2.45) is 0 Å². The predicted molar refractivity (Wildman–Crippen MR) is 76.6 cm³/mol. The second-order valence-electron chi connectivity index (χ2n) is 4.03. The molecule has 1 heterocycles. The van der Waals surface area contributed by atoms with Crippen LogP contribution >= 0.6 is 22.9 Å². The van der Waals surface area contributed by atoms with Crippen LogP contribution in [0.2, 0.25) is 5.02 Å². The largest absolute Gasteiger partial charge is 0.308 e. The highest BCUT2D eigenvalue weighted by Gasteiger charge is 2.10. The lowest BCUT2D eigenvalue weighted by molar-refractivity contribution is 0.563. The van der Waals surface area contributed by atoms with Crippen molar-refractivity contribution in [1.29, 1.82) is 0 Å². The molecule has 3 heteroatoms. The summed E-state index contributed by atoms with van der Waals surface area (Å²) in [5, 5.41) is 5.39.